The summed E-state index contributed by atoms with van der Waals surface area (Å²) in [5, 5.41) is 0. The molecule has 0 aromatic heterocycles. The van der Waals surface area contributed by atoms with Crippen molar-refractivity contribution >= 4 is 0 Å². The van der Waals surface area contributed by atoms with Gasteiger partial charge in [0.1, 0.15) is 0 Å². The van der Waals surface area contributed by atoms with Crippen molar-refractivity contribution in [2.75, 3.05) is 0 Å². The smallest absolute Gasteiger partial charge is 0.0109 e. The Morgan fingerprint density at radius 3 is 2.55 bits per heavy atom. The fourth-order valence-electron chi connectivity index (χ4n) is 1.32. The van der Waals surface area contributed by atoms with Crippen LogP contribution >= 0.6 is 0 Å². The maximum atomic E-state index is 2.38. The second kappa shape index (κ2) is 3.25. The summed E-state index contributed by atoms with van der Waals surface area (Å²) in [6.07, 6.45) is 10.6. The number of rotatable bonds is 2. The molecule has 0 heterocycles. The zero-order valence-electron chi connectivity index (χ0n) is 7.85. The average molecular weight is 150 g/mol. The molecule has 0 atom stereocenters. The van der Waals surface area contributed by atoms with Gasteiger partial charge < -0.3 is 0 Å². The van der Waals surface area contributed by atoms with Gasteiger partial charge in [0.2, 0.25) is 0 Å². The van der Waals surface area contributed by atoms with Crippen LogP contribution in [0.2, 0.25) is 0 Å². The highest BCUT2D eigenvalue weighted by Crippen LogP contribution is 2.32. The van der Waals surface area contributed by atoms with E-state index in [1.165, 1.54) is 24.8 Å². The zero-order chi connectivity index (χ0) is 8.32. The van der Waals surface area contributed by atoms with E-state index in [9.17, 15) is 0 Å². The Morgan fingerprint density at radius 2 is 2.09 bits per heavy atom. The highest BCUT2D eigenvalue weighted by atomic mass is 14.2. The van der Waals surface area contributed by atoms with E-state index in [0.29, 0.717) is 5.41 Å². The van der Waals surface area contributed by atoms with Crippen LogP contribution in [-0.2, 0) is 0 Å². The van der Waals surface area contributed by atoms with Crippen molar-refractivity contribution in [3.05, 3.63) is 23.8 Å². The third-order valence-electron chi connectivity index (χ3n) is 2.66. The van der Waals surface area contributed by atoms with E-state index in [1.807, 2.05) is 0 Å². The summed E-state index contributed by atoms with van der Waals surface area (Å²) in [5.74, 6) is 0. The molecule has 0 saturated carbocycles. The number of allylic oxidation sites excluding steroid dienone is 4. The van der Waals surface area contributed by atoms with Crippen LogP contribution in [0.5, 0.6) is 0 Å². The van der Waals surface area contributed by atoms with Gasteiger partial charge in [0, 0.05) is 0 Å². The maximum Gasteiger partial charge on any atom is -0.0109 e. The van der Waals surface area contributed by atoms with E-state index in [1.54, 1.807) is 0 Å². The van der Waals surface area contributed by atoms with Crippen molar-refractivity contribution in [2.45, 2.75) is 40.0 Å². The third-order valence-corrected chi connectivity index (χ3v) is 2.66. The Bertz CT molecular complexity index is 182. The van der Waals surface area contributed by atoms with Crippen molar-refractivity contribution in [1.82, 2.24) is 0 Å². The van der Waals surface area contributed by atoms with E-state index in [2.05, 4.69) is 39.0 Å². The Balaban J connectivity index is 2.73. The molecule has 62 valence electrons. The lowest BCUT2D eigenvalue weighted by molar-refractivity contribution is 0.436. The van der Waals surface area contributed by atoms with Crippen LogP contribution in [0.15, 0.2) is 23.8 Å². The molecule has 0 nitrogen and oxygen atoms in total. The quantitative estimate of drug-likeness (QED) is 0.563. The first kappa shape index (κ1) is 8.58. The van der Waals surface area contributed by atoms with Crippen molar-refractivity contribution < 1.29 is 0 Å². The van der Waals surface area contributed by atoms with E-state index in [0.717, 1.165) is 0 Å². The highest BCUT2D eigenvalue weighted by Gasteiger charge is 2.19. The van der Waals surface area contributed by atoms with Crippen LogP contribution in [0.3, 0.4) is 0 Å². The Hall–Kier alpha value is -0.520. The molecule has 0 spiro atoms. The monoisotopic (exact) mass is 150 g/mol. The molecule has 0 fully saturated rings. The maximum absolute atomic E-state index is 2.38. The van der Waals surface area contributed by atoms with Crippen molar-refractivity contribution in [2.24, 2.45) is 5.41 Å². The minimum absolute atomic E-state index is 0.386. The Kier molecular flexibility index (Phi) is 2.53. The second-order valence-electron chi connectivity index (χ2n) is 3.88. The normalized spacial score (nSPS) is 18.3. The summed E-state index contributed by atoms with van der Waals surface area (Å²) < 4.78 is 0. The lowest BCUT2D eigenvalue weighted by Gasteiger charge is -2.26. The second-order valence-corrected chi connectivity index (χ2v) is 3.88. The number of hydrogen-bond acceptors (Lipinski definition) is 0. The van der Waals surface area contributed by atoms with Crippen LogP contribution in [-0.4, -0.2) is 0 Å². The van der Waals surface area contributed by atoms with Crippen LogP contribution in [0.1, 0.15) is 40.0 Å². The van der Waals surface area contributed by atoms with Crippen molar-refractivity contribution in [3.8, 4) is 0 Å². The predicted octanol–water partition coefficient (Wildman–Crippen LogP) is 3.70. The summed E-state index contributed by atoms with van der Waals surface area (Å²) in [6, 6.07) is 0. The van der Waals surface area contributed by atoms with E-state index in [4.69, 9.17) is 0 Å². The summed E-state index contributed by atoms with van der Waals surface area (Å²) in [7, 11) is 0. The van der Waals surface area contributed by atoms with Gasteiger partial charge in [-0.15, -0.1) is 0 Å². The molecule has 0 aromatic carbocycles. The fourth-order valence-corrected chi connectivity index (χ4v) is 1.32. The van der Waals surface area contributed by atoms with Gasteiger partial charge in [0.25, 0.3) is 0 Å². The molecule has 1 aliphatic carbocycles. The van der Waals surface area contributed by atoms with Gasteiger partial charge in [0.05, 0.1) is 0 Å². The molecule has 0 bridgehead atoms. The SMILES string of the molecule is CCC(C)(C)C1=CCCC=C1. The van der Waals surface area contributed by atoms with Gasteiger partial charge in [-0.25, -0.2) is 0 Å². The van der Waals surface area contributed by atoms with Gasteiger partial charge >= 0.3 is 0 Å². The Labute approximate surface area is 70.0 Å². The molecule has 1 aliphatic rings. The van der Waals surface area contributed by atoms with Gasteiger partial charge in [-0.3, -0.25) is 0 Å². The standard InChI is InChI=1S/C11H18/c1-4-11(2,3)10-8-6-5-7-9-10/h6,8-9H,4-5,7H2,1-3H3. The van der Waals surface area contributed by atoms with Gasteiger partial charge in [-0.2, -0.15) is 0 Å². The molecule has 0 amide bonds. The van der Waals surface area contributed by atoms with Crippen LogP contribution in [0.25, 0.3) is 0 Å². The van der Waals surface area contributed by atoms with Crippen molar-refractivity contribution in [1.29, 1.82) is 0 Å². The average Bonchev–Trinajstić information content (AvgIpc) is 2.06. The van der Waals surface area contributed by atoms with E-state index in [-0.39, 0.29) is 0 Å². The first-order valence-corrected chi connectivity index (χ1v) is 4.54. The number of hydrogen-bond donors (Lipinski definition) is 0. The molecular weight excluding hydrogens is 132 g/mol. The third kappa shape index (κ3) is 1.95. The van der Waals surface area contributed by atoms with Gasteiger partial charge in [-0.1, -0.05) is 39.0 Å². The molecule has 11 heavy (non-hydrogen) atoms. The molecule has 0 radical (unpaired) electrons. The summed E-state index contributed by atoms with van der Waals surface area (Å²) >= 11 is 0. The summed E-state index contributed by atoms with van der Waals surface area (Å²) in [4.78, 5) is 0. The molecular formula is C11H18. The molecule has 0 saturated heterocycles. The topological polar surface area (TPSA) is 0 Å². The van der Waals surface area contributed by atoms with Gasteiger partial charge in [0.15, 0.2) is 0 Å². The van der Waals surface area contributed by atoms with Crippen LogP contribution in [0, 0.1) is 5.41 Å². The molecule has 0 aromatic rings. The highest BCUT2D eigenvalue weighted by molar-refractivity contribution is 5.27. The van der Waals surface area contributed by atoms with Crippen LogP contribution < -0.4 is 0 Å². The van der Waals surface area contributed by atoms with E-state index < -0.39 is 0 Å². The van der Waals surface area contributed by atoms with E-state index >= 15 is 0 Å². The summed E-state index contributed by atoms with van der Waals surface area (Å²) in [5.41, 5.74) is 1.91. The lowest BCUT2D eigenvalue weighted by Crippen LogP contribution is -2.12. The molecule has 0 heteroatoms. The molecule has 0 N–H and O–H groups in total. The lowest BCUT2D eigenvalue weighted by atomic mass is 9.79. The largest absolute Gasteiger partial charge is 0.0839 e. The van der Waals surface area contributed by atoms with Crippen molar-refractivity contribution in [3.63, 3.8) is 0 Å². The zero-order valence-corrected chi connectivity index (χ0v) is 7.85. The summed E-state index contributed by atoms with van der Waals surface area (Å²) in [6.45, 7) is 6.88. The minimum Gasteiger partial charge on any atom is -0.0839 e. The molecule has 0 aliphatic heterocycles. The first-order valence-electron chi connectivity index (χ1n) is 4.54. The minimum atomic E-state index is 0.386. The van der Waals surface area contributed by atoms with Gasteiger partial charge in [-0.05, 0) is 30.3 Å². The first-order chi connectivity index (χ1) is 5.17. The Morgan fingerprint density at radius 1 is 1.36 bits per heavy atom. The molecule has 0 unspecified atom stereocenters. The predicted molar refractivity (Wildman–Crippen MR) is 50.5 cm³/mol. The van der Waals surface area contributed by atoms with Crippen LogP contribution in [0.4, 0.5) is 0 Å². The molecule has 1 rings (SSSR count). The fraction of sp³-hybridized carbons (Fsp3) is 0.636.